The Balaban J connectivity index is 1.54. The van der Waals surface area contributed by atoms with E-state index in [1.807, 2.05) is 11.8 Å². The topological polar surface area (TPSA) is 144 Å². The Labute approximate surface area is 206 Å². The number of H-pyrrole nitrogens is 1. The van der Waals surface area contributed by atoms with E-state index in [1.54, 1.807) is 37.8 Å². The van der Waals surface area contributed by atoms with Gasteiger partial charge in [0.2, 0.25) is 0 Å². The molecular formula is C24H26FN9O2. The van der Waals surface area contributed by atoms with Crippen LogP contribution in [0.25, 0.3) is 16.6 Å². The van der Waals surface area contributed by atoms with Gasteiger partial charge in [0.25, 0.3) is 5.91 Å². The van der Waals surface area contributed by atoms with E-state index in [2.05, 4.69) is 35.9 Å². The molecule has 186 valence electrons. The smallest absolute Gasteiger partial charge is 0.261 e. The van der Waals surface area contributed by atoms with Crippen LogP contribution < -0.4 is 20.9 Å². The third-order valence-electron chi connectivity index (χ3n) is 6.05. The van der Waals surface area contributed by atoms with Gasteiger partial charge < -0.3 is 30.6 Å². The van der Waals surface area contributed by atoms with Gasteiger partial charge in [-0.2, -0.15) is 0 Å². The van der Waals surface area contributed by atoms with E-state index in [1.165, 1.54) is 6.07 Å². The summed E-state index contributed by atoms with van der Waals surface area (Å²) < 4.78 is 20.3. The number of carbonyl (C=O) groups excluding carboxylic acids is 1. The van der Waals surface area contributed by atoms with Crippen LogP contribution in [0.15, 0.2) is 48.2 Å². The lowest BCUT2D eigenvalue weighted by molar-refractivity contribution is -0.115. The summed E-state index contributed by atoms with van der Waals surface area (Å²) in [6.07, 6.45) is 4.92. The Morgan fingerprint density at radius 1 is 1.31 bits per heavy atom. The van der Waals surface area contributed by atoms with Crippen molar-refractivity contribution in [3.8, 4) is 0 Å². The molecule has 2 aliphatic heterocycles. The summed E-state index contributed by atoms with van der Waals surface area (Å²) in [7, 11) is 1.65. The second-order valence-corrected chi connectivity index (χ2v) is 8.39. The van der Waals surface area contributed by atoms with Crippen LogP contribution in [0.4, 0.5) is 10.1 Å². The minimum Gasteiger partial charge on any atom is -0.389 e. The Morgan fingerprint density at radius 3 is 2.81 bits per heavy atom. The molecule has 1 amide bonds. The van der Waals surface area contributed by atoms with E-state index < -0.39 is 11.7 Å². The molecule has 0 aliphatic carbocycles. The van der Waals surface area contributed by atoms with Gasteiger partial charge >= 0.3 is 0 Å². The Bertz CT molecular complexity index is 1380. The first-order valence-corrected chi connectivity index (χ1v) is 11.5. The van der Waals surface area contributed by atoms with Crippen LogP contribution >= 0.6 is 0 Å². The highest BCUT2D eigenvalue weighted by molar-refractivity contribution is 6.33. The second-order valence-electron chi connectivity index (χ2n) is 8.39. The van der Waals surface area contributed by atoms with Gasteiger partial charge in [0.1, 0.15) is 28.5 Å². The monoisotopic (exact) mass is 491 g/mol. The Morgan fingerprint density at radius 2 is 2.08 bits per heavy atom. The molecule has 0 spiro atoms. The first-order chi connectivity index (χ1) is 17.5. The SMILES string of the molecule is CCN/C=C1/NC(=O)C(c2nc3c(F)cc(N4CC(OC)C4)cc3[nH]2)=C(NCc2ncccn2)C1=N. The van der Waals surface area contributed by atoms with E-state index >= 15 is 4.39 Å². The van der Waals surface area contributed by atoms with E-state index in [0.29, 0.717) is 42.4 Å². The van der Waals surface area contributed by atoms with Crippen molar-refractivity contribution in [3.63, 3.8) is 0 Å². The minimum atomic E-state index is -0.502. The number of hydrogen-bond donors (Lipinski definition) is 5. The predicted octanol–water partition coefficient (Wildman–Crippen LogP) is 1.43. The summed E-state index contributed by atoms with van der Waals surface area (Å²) in [5.74, 6) is -0.333. The van der Waals surface area contributed by atoms with Gasteiger partial charge in [0, 0.05) is 51.0 Å². The van der Waals surface area contributed by atoms with Crippen LogP contribution in [0.3, 0.4) is 0 Å². The first kappa shape index (κ1) is 23.4. The Hall–Kier alpha value is -4.32. The third-order valence-corrected chi connectivity index (χ3v) is 6.05. The molecule has 0 saturated carbocycles. The number of aromatic amines is 1. The maximum Gasteiger partial charge on any atom is 0.261 e. The summed E-state index contributed by atoms with van der Waals surface area (Å²) in [6, 6.07) is 4.93. The van der Waals surface area contributed by atoms with Gasteiger partial charge in [-0.15, -0.1) is 0 Å². The number of amides is 1. The molecule has 36 heavy (non-hydrogen) atoms. The zero-order valence-electron chi connectivity index (χ0n) is 19.9. The number of imidazole rings is 1. The van der Waals surface area contributed by atoms with Crippen molar-refractivity contribution < 1.29 is 13.9 Å². The van der Waals surface area contributed by atoms with Crippen molar-refractivity contribution in [2.24, 2.45) is 0 Å². The molecule has 11 nitrogen and oxygen atoms in total. The molecule has 1 fully saturated rings. The van der Waals surface area contributed by atoms with Crippen molar-refractivity contribution in [2.45, 2.75) is 19.6 Å². The second kappa shape index (κ2) is 9.74. The highest BCUT2D eigenvalue weighted by Crippen LogP contribution is 2.30. The zero-order chi connectivity index (χ0) is 25.2. The number of anilines is 1. The molecule has 0 unspecified atom stereocenters. The fraction of sp³-hybridized carbons (Fsp3) is 0.292. The number of nitrogens with one attached hydrogen (secondary N) is 5. The molecule has 2 aromatic heterocycles. The highest BCUT2D eigenvalue weighted by Gasteiger charge is 2.32. The lowest BCUT2D eigenvalue weighted by Gasteiger charge is -2.39. The molecule has 12 heteroatoms. The maximum absolute atomic E-state index is 15.0. The predicted molar refractivity (Wildman–Crippen MR) is 132 cm³/mol. The lowest BCUT2D eigenvalue weighted by Crippen LogP contribution is -2.51. The average molecular weight is 492 g/mol. The molecule has 5 rings (SSSR count). The van der Waals surface area contributed by atoms with Crippen molar-refractivity contribution >= 4 is 33.9 Å². The van der Waals surface area contributed by atoms with Crippen molar-refractivity contribution in [3.05, 3.63) is 65.7 Å². The number of methoxy groups -OCH3 is 1. The fourth-order valence-corrected chi connectivity index (χ4v) is 4.08. The third kappa shape index (κ3) is 4.38. The van der Waals surface area contributed by atoms with Gasteiger partial charge in [0.15, 0.2) is 5.82 Å². The average Bonchev–Trinajstić information content (AvgIpc) is 3.27. The lowest BCUT2D eigenvalue weighted by atomic mass is 10.0. The van der Waals surface area contributed by atoms with Crippen LogP contribution in [0.1, 0.15) is 18.6 Å². The largest absolute Gasteiger partial charge is 0.389 e. The zero-order valence-corrected chi connectivity index (χ0v) is 19.9. The summed E-state index contributed by atoms with van der Waals surface area (Å²) in [5.41, 5.74) is 1.96. The number of aromatic nitrogens is 4. The van der Waals surface area contributed by atoms with E-state index in [-0.39, 0.29) is 41.0 Å². The summed E-state index contributed by atoms with van der Waals surface area (Å²) in [5, 5.41) is 17.6. The number of fused-ring (bicyclic) bond motifs is 1. The summed E-state index contributed by atoms with van der Waals surface area (Å²) in [6.45, 7) is 4.05. The van der Waals surface area contributed by atoms with Crippen LogP contribution in [-0.2, 0) is 16.1 Å². The molecule has 0 radical (unpaired) electrons. The van der Waals surface area contributed by atoms with Crippen molar-refractivity contribution in [1.29, 1.82) is 5.41 Å². The van der Waals surface area contributed by atoms with Gasteiger partial charge in [-0.3, -0.25) is 10.2 Å². The van der Waals surface area contributed by atoms with Crippen molar-refractivity contribution in [2.75, 3.05) is 31.6 Å². The number of nitrogens with zero attached hydrogens (tertiary/aromatic N) is 4. The summed E-state index contributed by atoms with van der Waals surface area (Å²) >= 11 is 0. The molecule has 1 aromatic carbocycles. The minimum absolute atomic E-state index is 0.0503. The van der Waals surface area contributed by atoms with Gasteiger partial charge in [-0.05, 0) is 25.1 Å². The first-order valence-electron chi connectivity index (χ1n) is 11.5. The van der Waals surface area contributed by atoms with Crippen LogP contribution in [0.5, 0.6) is 0 Å². The number of hydrogen-bond acceptors (Lipinski definition) is 9. The van der Waals surface area contributed by atoms with Gasteiger partial charge in [-0.25, -0.2) is 19.3 Å². The maximum atomic E-state index is 15.0. The number of halogens is 1. The van der Waals surface area contributed by atoms with E-state index in [4.69, 9.17) is 10.1 Å². The standard InChI is InChI=1S/C24H26FN9O2/c1-3-27-9-17-20(26)22(30-10-18-28-5-4-6-29-18)19(24(35)32-17)23-31-16-8-13(7-15(25)21(16)33-23)34-11-14(12-34)36-2/h4-9,14,26-27,30H,3,10-12H2,1-2H3,(H,31,33)(H,32,35)/b17-9+,26-20?. The highest BCUT2D eigenvalue weighted by atomic mass is 19.1. The fourth-order valence-electron chi connectivity index (χ4n) is 4.08. The van der Waals surface area contributed by atoms with Gasteiger partial charge in [0.05, 0.1) is 29.6 Å². The molecule has 5 N–H and O–H groups in total. The van der Waals surface area contributed by atoms with Crippen LogP contribution in [0, 0.1) is 11.2 Å². The molecule has 0 bridgehead atoms. The number of ether oxygens (including phenoxy) is 1. The van der Waals surface area contributed by atoms with Crippen LogP contribution in [0.2, 0.25) is 0 Å². The van der Waals surface area contributed by atoms with Crippen LogP contribution in [-0.4, -0.2) is 64.4 Å². The molecule has 1 saturated heterocycles. The van der Waals surface area contributed by atoms with E-state index in [9.17, 15) is 4.79 Å². The Kier molecular flexibility index (Phi) is 6.34. The van der Waals surface area contributed by atoms with Gasteiger partial charge in [-0.1, -0.05) is 0 Å². The molecule has 4 heterocycles. The molecule has 0 atom stereocenters. The summed E-state index contributed by atoms with van der Waals surface area (Å²) in [4.78, 5) is 31.1. The molecular weight excluding hydrogens is 465 g/mol. The number of benzene rings is 1. The quantitative estimate of drug-likeness (QED) is 0.318. The number of rotatable bonds is 8. The molecule has 3 aromatic rings. The normalized spacial score (nSPS) is 17.5. The van der Waals surface area contributed by atoms with E-state index in [0.717, 1.165) is 0 Å². The van der Waals surface area contributed by atoms with Crippen molar-refractivity contribution in [1.82, 2.24) is 35.9 Å². The molecule has 2 aliphatic rings. The number of carbonyl (C=O) groups is 1.